The van der Waals surface area contributed by atoms with Crippen LogP contribution in [-0.2, 0) is 0 Å². The highest BCUT2D eigenvalue weighted by Gasteiger charge is 2.18. The summed E-state index contributed by atoms with van der Waals surface area (Å²) in [5.41, 5.74) is 2.74. The Bertz CT molecular complexity index is 282. The van der Waals surface area contributed by atoms with Crippen molar-refractivity contribution in [2.75, 3.05) is 0 Å². The van der Waals surface area contributed by atoms with Gasteiger partial charge in [0.1, 0.15) is 0 Å². The van der Waals surface area contributed by atoms with Crippen molar-refractivity contribution in [2.45, 2.75) is 33.5 Å². The lowest BCUT2D eigenvalue weighted by Crippen LogP contribution is -2.39. The molecule has 0 nitrogen and oxygen atoms in total. The quantitative estimate of drug-likeness (QED) is 0.579. The average molecular weight is 177 g/mol. The van der Waals surface area contributed by atoms with Gasteiger partial charge < -0.3 is 0 Å². The van der Waals surface area contributed by atoms with E-state index in [1.807, 2.05) is 0 Å². The molecule has 1 radical (unpaired) electrons. The van der Waals surface area contributed by atoms with Crippen LogP contribution in [0.4, 0.5) is 0 Å². The molecule has 0 N–H and O–H groups in total. The second kappa shape index (κ2) is 3.06. The second-order valence-corrected chi connectivity index (χ2v) is 9.43. The zero-order valence-corrected chi connectivity index (χ0v) is 9.65. The van der Waals surface area contributed by atoms with Crippen LogP contribution in [0.3, 0.4) is 0 Å². The number of hydrogen-bond acceptors (Lipinski definition) is 0. The lowest BCUT2D eigenvalue weighted by Gasteiger charge is -2.20. The van der Waals surface area contributed by atoms with E-state index in [4.69, 9.17) is 0 Å². The van der Waals surface area contributed by atoms with Crippen LogP contribution in [0.1, 0.15) is 11.1 Å². The van der Waals surface area contributed by atoms with E-state index >= 15 is 0 Å². The summed E-state index contributed by atoms with van der Waals surface area (Å²) < 4.78 is 0. The topological polar surface area (TPSA) is 0 Å². The van der Waals surface area contributed by atoms with Crippen molar-refractivity contribution in [3.05, 3.63) is 29.3 Å². The maximum Gasteiger partial charge on any atom is 0.0779 e. The Morgan fingerprint density at radius 2 is 1.75 bits per heavy atom. The molecule has 12 heavy (non-hydrogen) atoms. The van der Waals surface area contributed by atoms with E-state index in [1.54, 1.807) is 5.19 Å². The Kier molecular flexibility index (Phi) is 2.43. The summed E-state index contributed by atoms with van der Waals surface area (Å²) in [5, 5.41) is 1.57. The molecule has 0 amide bonds. The summed E-state index contributed by atoms with van der Waals surface area (Å²) in [6, 6.07) is 7.52. The highest BCUT2D eigenvalue weighted by Crippen LogP contribution is 2.09. The highest BCUT2D eigenvalue weighted by molar-refractivity contribution is 6.89. The van der Waals surface area contributed by atoms with Gasteiger partial charge in [0.25, 0.3) is 0 Å². The fraction of sp³-hybridized carbons (Fsp3) is 0.455. The first-order chi connectivity index (χ1) is 5.43. The van der Waals surface area contributed by atoms with Gasteiger partial charge in [-0.25, -0.2) is 0 Å². The van der Waals surface area contributed by atoms with Crippen LogP contribution in [0.5, 0.6) is 0 Å². The predicted octanol–water partition coefficient (Wildman–Crippen LogP) is 2.65. The minimum absolute atomic E-state index is 1.13. The van der Waals surface area contributed by atoms with Crippen LogP contribution in [0.15, 0.2) is 12.1 Å². The van der Waals surface area contributed by atoms with Gasteiger partial charge in [-0.15, -0.1) is 0 Å². The normalized spacial score (nSPS) is 11.8. The van der Waals surface area contributed by atoms with Crippen LogP contribution in [0.2, 0.25) is 19.6 Å². The summed E-state index contributed by atoms with van der Waals surface area (Å²) in [6.07, 6.45) is 0. The van der Waals surface area contributed by atoms with E-state index in [1.165, 1.54) is 11.1 Å². The predicted molar refractivity (Wildman–Crippen MR) is 57.7 cm³/mol. The lowest BCUT2D eigenvalue weighted by atomic mass is 10.1. The zero-order valence-electron chi connectivity index (χ0n) is 8.65. The van der Waals surface area contributed by atoms with E-state index < -0.39 is 8.07 Å². The molecule has 1 aromatic rings. The van der Waals surface area contributed by atoms with Crippen LogP contribution in [0.25, 0.3) is 0 Å². The van der Waals surface area contributed by atoms with Gasteiger partial charge in [-0.3, -0.25) is 0 Å². The zero-order chi connectivity index (χ0) is 9.35. The van der Waals surface area contributed by atoms with Gasteiger partial charge in [-0.2, -0.15) is 0 Å². The van der Waals surface area contributed by atoms with E-state index in [9.17, 15) is 0 Å². The summed E-state index contributed by atoms with van der Waals surface area (Å²) in [4.78, 5) is 0. The van der Waals surface area contributed by atoms with E-state index in [0.717, 1.165) is 0 Å². The van der Waals surface area contributed by atoms with Crippen molar-refractivity contribution in [2.24, 2.45) is 0 Å². The van der Waals surface area contributed by atoms with Gasteiger partial charge in [0, 0.05) is 0 Å². The smallest absolute Gasteiger partial charge is 0.0656 e. The number of aryl methyl sites for hydroxylation is 1. The fourth-order valence-electron chi connectivity index (χ4n) is 1.50. The lowest BCUT2D eigenvalue weighted by molar-refractivity contribution is 1.35. The Morgan fingerprint density at radius 1 is 1.17 bits per heavy atom. The van der Waals surface area contributed by atoms with Crippen molar-refractivity contribution >= 4 is 13.3 Å². The molecule has 0 fully saturated rings. The minimum Gasteiger partial charge on any atom is -0.0656 e. The Hall–Kier alpha value is -0.563. The third-order valence-corrected chi connectivity index (χ3v) is 4.48. The first kappa shape index (κ1) is 9.52. The molecular weight excluding hydrogens is 160 g/mol. The monoisotopic (exact) mass is 177 g/mol. The summed E-state index contributed by atoms with van der Waals surface area (Å²) in [5.74, 6) is 0. The van der Waals surface area contributed by atoms with E-state index in [2.05, 4.69) is 51.7 Å². The molecule has 0 atom stereocenters. The van der Waals surface area contributed by atoms with Crippen molar-refractivity contribution in [3.8, 4) is 0 Å². The SMILES string of the molecule is Cc1[c]ccc([Si](C)(C)C)c1C. The van der Waals surface area contributed by atoms with E-state index in [0.29, 0.717) is 0 Å². The van der Waals surface area contributed by atoms with Gasteiger partial charge in [0.05, 0.1) is 8.07 Å². The van der Waals surface area contributed by atoms with Gasteiger partial charge in [-0.05, 0) is 31.0 Å². The van der Waals surface area contributed by atoms with Crippen molar-refractivity contribution in [1.29, 1.82) is 0 Å². The van der Waals surface area contributed by atoms with Crippen LogP contribution in [0, 0.1) is 19.9 Å². The summed E-state index contributed by atoms with van der Waals surface area (Å²) in [7, 11) is -1.13. The average Bonchev–Trinajstić information content (AvgIpc) is 1.92. The highest BCUT2D eigenvalue weighted by atomic mass is 28.3. The van der Waals surface area contributed by atoms with Crippen LogP contribution in [-0.4, -0.2) is 8.07 Å². The Balaban J connectivity index is 3.26. The number of rotatable bonds is 1. The van der Waals surface area contributed by atoms with Crippen molar-refractivity contribution in [1.82, 2.24) is 0 Å². The number of benzene rings is 1. The Labute approximate surface area is 76.6 Å². The summed E-state index contributed by atoms with van der Waals surface area (Å²) in [6.45, 7) is 11.5. The van der Waals surface area contributed by atoms with E-state index in [-0.39, 0.29) is 0 Å². The fourth-order valence-corrected chi connectivity index (χ4v) is 3.39. The molecule has 65 valence electrons. The second-order valence-electron chi connectivity index (χ2n) is 4.39. The van der Waals surface area contributed by atoms with Gasteiger partial charge in [0.15, 0.2) is 0 Å². The summed E-state index contributed by atoms with van der Waals surface area (Å²) >= 11 is 0. The molecule has 0 aliphatic rings. The first-order valence-corrected chi connectivity index (χ1v) is 7.91. The molecule has 0 heterocycles. The molecule has 0 spiro atoms. The molecule has 1 rings (SSSR count). The molecule has 0 aliphatic carbocycles. The first-order valence-electron chi connectivity index (χ1n) is 4.41. The molecule has 0 saturated carbocycles. The standard InChI is InChI=1S/C11H17Si/c1-9-7-6-8-11(10(9)2)12(3,4)5/h6,8H,1-5H3. The maximum absolute atomic E-state index is 3.23. The third-order valence-electron chi connectivity index (χ3n) is 2.32. The van der Waals surface area contributed by atoms with Crippen LogP contribution >= 0.6 is 0 Å². The molecular formula is C11H17Si. The number of hydrogen-bond donors (Lipinski definition) is 0. The van der Waals surface area contributed by atoms with Gasteiger partial charge >= 0.3 is 0 Å². The molecule has 0 saturated heterocycles. The molecule has 0 aliphatic heterocycles. The molecule has 1 heteroatoms. The van der Waals surface area contributed by atoms with Crippen LogP contribution < -0.4 is 5.19 Å². The minimum atomic E-state index is -1.13. The van der Waals surface area contributed by atoms with Crippen molar-refractivity contribution < 1.29 is 0 Å². The molecule has 1 aromatic carbocycles. The van der Waals surface area contributed by atoms with Crippen molar-refractivity contribution in [3.63, 3.8) is 0 Å². The largest absolute Gasteiger partial charge is 0.0779 e. The van der Waals surface area contributed by atoms with Gasteiger partial charge in [0.2, 0.25) is 0 Å². The third kappa shape index (κ3) is 1.78. The molecule has 0 aromatic heterocycles. The molecule has 0 unspecified atom stereocenters. The Morgan fingerprint density at radius 3 is 2.17 bits per heavy atom. The molecule has 0 bridgehead atoms. The maximum atomic E-state index is 3.23. The van der Waals surface area contributed by atoms with Gasteiger partial charge in [-0.1, -0.05) is 37.0 Å².